The maximum atomic E-state index is 13.6. The summed E-state index contributed by atoms with van der Waals surface area (Å²) in [5, 5.41) is 11.1. The van der Waals surface area contributed by atoms with Gasteiger partial charge in [-0.15, -0.1) is 0 Å². The number of piperazine rings is 1. The predicted octanol–water partition coefficient (Wildman–Crippen LogP) is 2.92. The molecule has 0 saturated carbocycles. The van der Waals surface area contributed by atoms with Crippen LogP contribution in [0.25, 0.3) is 5.57 Å². The summed E-state index contributed by atoms with van der Waals surface area (Å²) in [6.07, 6.45) is 0.838. The van der Waals surface area contributed by atoms with Gasteiger partial charge in [0.25, 0.3) is 17.5 Å². The molecule has 2 heterocycles. The van der Waals surface area contributed by atoms with Crippen LogP contribution in [0, 0.1) is 10.1 Å². The van der Waals surface area contributed by atoms with Gasteiger partial charge in [0.15, 0.2) is 0 Å². The molecule has 2 amide bonds. The number of imide groups is 1. The molecule has 9 nitrogen and oxygen atoms in total. The van der Waals surface area contributed by atoms with Crippen molar-refractivity contribution in [3.05, 3.63) is 69.9 Å². The molecule has 0 radical (unpaired) electrons. The number of hydrogen-bond donors (Lipinski definition) is 0. The van der Waals surface area contributed by atoms with Crippen LogP contribution in [0.1, 0.15) is 18.9 Å². The Morgan fingerprint density at radius 3 is 2.33 bits per heavy atom. The fourth-order valence-corrected chi connectivity index (χ4v) is 4.02. The van der Waals surface area contributed by atoms with Crippen molar-refractivity contribution >= 4 is 28.8 Å². The average Bonchev–Trinajstić information content (AvgIpc) is 3.08. The van der Waals surface area contributed by atoms with Gasteiger partial charge in [0.05, 0.1) is 22.8 Å². The van der Waals surface area contributed by atoms with E-state index in [2.05, 4.69) is 4.90 Å². The standard InChI is InChI=1S/C24H26N4O5/c1-3-15-33-20-6-4-5-19(16-20)27-23(29)21(17-7-9-18(10-8-17)28(31)32)22(24(27)30)26-13-11-25(2)12-14-26/h4-10,16H,3,11-15H2,1-2H3. The fourth-order valence-electron chi connectivity index (χ4n) is 4.02. The second-order valence-corrected chi connectivity index (χ2v) is 8.11. The third-order valence-corrected chi connectivity index (χ3v) is 5.79. The van der Waals surface area contributed by atoms with Gasteiger partial charge < -0.3 is 14.5 Å². The summed E-state index contributed by atoms with van der Waals surface area (Å²) in [6.45, 7) is 5.27. The Morgan fingerprint density at radius 2 is 1.70 bits per heavy atom. The van der Waals surface area contributed by atoms with E-state index in [1.807, 2.05) is 18.9 Å². The normalized spacial score (nSPS) is 17.2. The molecule has 0 bridgehead atoms. The molecule has 0 spiro atoms. The Morgan fingerprint density at radius 1 is 1.00 bits per heavy atom. The number of benzene rings is 2. The monoisotopic (exact) mass is 450 g/mol. The number of carbonyl (C=O) groups excluding carboxylic acids is 2. The van der Waals surface area contributed by atoms with Gasteiger partial charge >= 0.3 is 0 Å². The molecule has 2 aromatic rings. The fraction of sp³-hybridized carbons (Fsp3) is 0.333. The van der Waals surface area contributed by atoms with Crippen molar-refractivity contribution in [2.24, 2.45) is 0 Å². The molecule has 0 unspecified atom stereocenters. The third kappa shape index (κ3) is 4.45. The zero-order valence-electron chi connectivity index (χ0n) is 18.7. The first kappa shape index (κ1) is 22.5. The maximum Gasteiger partial charge on any atom is 0.282 e. The van der Waals surface area contributed by atoms with Crippen LogP contribution in [0.4, 0.5) is 11.4 Å². The minimum Gasteiger partial charge on any atom is -0.494 e. The summed E-state index contributed by atoms with van der Waals surface area (Å²) in [7, 11) is 2.01. The van der Waals surface area contributed by atoms with Crippen molar-refractivity contribution < 1.29 is 19.2 Å². The van der Waals surface area contributed by atoms with Crippen LogP contribution in [-0.2, 0) is 9.59 Å². The Balaban J connectivity index is 1.75. The van der Waals surface area contributed by atoms with Crippen molar-refractivity contribution in [2.75, 3.05) is 44.7 Å². The van der Waals surface area contributed by atoms with E-state index in [0.29, 0.717) is 42.4 Å². The predicted molar refractivity (Wildman–Crippen MR) is 124 cm³/mol. The summed E-state index contributed by atoms with van der Waals surface area (Å²) < 4.78 is 5.69. The number of amides is 2. The van der Waals surface area contributed by atoms with Crippen LogP contribution in [-0.4, -0.2) is 66.4 Å². The summed E-state index contributed by atoms with van der Waals surface area (Å²) in [4.78, 5) is 43.1. The van der Waals surface area contributed by atoms with E-state index in [1.54, 1.807) is 24.3 Å². The van der Waals surface area contributed by atoms with Gasteiger partial charge in [-0.2, -0.15) is 0 Å². The zero-order valence-corrected chi connectivity index (χ0v) is 18.7. The van der Waals surface area contributed by atoms with Crippen LogP contribution in [0.3, 0.4) is 0 Å². The third-order valence-electron chi connectivity index (χ3n) is 5.79. The van der Waals surface area contributed by atoms with E-state index in [1.165, 1.54) is 29.2 Å². The minimum absolute atomic E-state index is 0.0742. The van der Waals surface area contributed by atoms with Gasteiger partial charge in [-0.1, -0.05) is 13.0 Å². The second-order valence-electron chi connectivity index (χ2n) is 8.11. The van der Waals surface area contributed by atoms with Gasteiger partial charge in [-0.3, -0.25) is 19.7 Å². The van der Waals surface area contributed by atoms with E-state index in [0.717, 1.165) is 19.5 Å². The smallest absolute Gasteiger partial charge is 0.282 e. The van der Waals surface area contributed by atoms with Crippen molar-refractivity contribution in [1.29, 1.82) is 0 Å². The first-order valence-corrected chi connectivity index (χ1v) is 10.9. The largest absolute Gasteiger partial charge is 0.494 e. The Labute approximate surface area is 192 Å². The highest BCUT2D eigenvalue weighted by Gasteiger charge is 2.43. The molecule has 172 valence electrons. The van der Waals surface area contributed by atoms with Gasteiger partial charge in [0.1, 0.15) is 11.4 Å². The van der Waals surface area contributed by atoms with Crippen LogP contribution < -0.4 is 9.64 Å². The summed E-state index contributed by atoms with van der Waals surface area (Å²) in [6, 6.07) is 12.7. The first-order chi connectivity index (χ1) is 15.9. The molecule has 0 aliphatic carbocycles. The maximum absolute atomic E-state index is 13.6. The first-order valence-electron chi connectivity index (χ1n) is 10.9. The summed E-state index contributed by atoms with van der Waals surface area (Å²) >= 11 is 0. The lowest BCUT2D eigenvalue weighted by Crippen LogP contribution is -2.46. The van der Waals surface area contributed by atoms with E-state index in [-0.39, 0.29) is 11.3 Å². The average molecular weight is 450 g/mol. The highest BCUT2D eigenvalue weighted by Crippen LogP contribution is 2.36. The highest BCUT2D eigenvalue weighted by molar-refractivity contribution is 6.45. The van der Waals surface area contributed by atoms with Crippen molar-refractivity contribution in [1.82, 2.24) is 9.80 Å². The number of likely N-dealkylation sites (N-methyl/N-ethyl adjacent to an activating group) is 1. The lowest BCUT2D eigenvalue weighted by molar-refractivity contribution is -0.384. The number of nitrogens with zero attached hydrogens (tertiary/aromatic N) is 4. The molecule has 33 heavy (non-hydrogen) atoms. The molecule has 0 atom stereocenters. The van der Waals surface area contributed by atoms with E-state index in [4.69, 9.17) is 4.74 Å². The number of rotatable bonds is 7. The topological polar surface area (TPSA) is 96.2 Å². The van der Waals surface area contributed by atoms with Crippen LogP contribution in [0.15, 0.2) is 54.2 Å². The number of carbonyl (C=O) groups is 2. The molecule has 4 rings (SSSR count). The van der Waals surface area contributed by atoms with Gasteiger partial charge in [0, 0.05) is 44.4 Å². The molecule has 2 aliphatic rings. The molecule has 2 aromatic carbocycles. The Bertz CT molecular complexity index is 1100. The van der Waals surface area contributed by atoms with E-state index >= 15 is 0 Å². The van der Waals surface area contributed by atoms with Gasteiger partial charge in [-0.25, -0.2) is 4.90 Å². The number of non-ortho nitro benzene ring substituents is 1. The van der Waals surface area contributed by atoms with E-state index < -0.39 is 16.7 Å². The minimum atomic E-state index is -0.491. The molecule has 1 saturated heterocycles. The highest BCUT2D eigenvalue weighted by atomic mass is 16.6. The zero-order chi connectivity index (χ0) is 23.5. The number of nitro benzene ring substituents is 1. The molecule has 9 heteroatoms. The molecule has 2 aliphatic heterocycles. The van der Waals surface area contributed by atoms with Crippen molar-refractivity contribution in [3.8, 4) is 5.75 Å². The number of nitro groups is 1. The number of ether oxygens (including phenoxy) is 1. The molecule has 0 aromatic heterocycles. The molecule has 0 N–H and O–H groups in total. The van der Waals surface area contributed by atoms with E-state index in [9.17, 15) is 19.7 Å². The van der Waals surface area contributed by atoms with Crippen LogP contribution >= 0.6 is 0 Å². The number of anilines is 1. The van der Waals surface area contributed by atoms with Crippen molar-refractivity contribution in [2.45, 2.75) is 13.3 Å². The molecular formula is C24H26N4O5. The molecular weight excluding hydrogens is 424 g/mol. The van der Waals surface area contributed by atoms with Crippen molar-refractivity contribution in [3.63, 3.8) is 0 Å². The lowest BCUT2D eigenvalue weighted by atomic mass is 10.0. The van der Waals surface area contributed by atoms with Crippen LogP contribution in [0.2, 0.25) is 0 Å². The summed E-state index contributed by atoms with van der Waals surface area (Å²) in [5.74, 6) is -0.263. The van der Waals surface area contributed by atoms with Gasteiger partial charge in [-0.05, 0) is 43.3 Å². The second kappa shape index (κ2) is 9.41. The summed E-state index contributed by atoms with van der Waals surface area (Å²) in [5.41, 5.74) is 1.44. The number of hydrogen-bond acceptors (Lipinski definition) is 7. The lowest BCUT2D eigenvalue weighted by Gasteiger charge is -2.34. The SMILES string of the molecule is CCCOc1cccc(N2C(=O)C(c3ccc([N+](=O)[O-])cc3)=C(N3CCN(C)CC3)C2=O)c1. The Kier molecular flexibility index (Phi) is 6.41. The quantitative estimate of drug-likeness (QED) is 0.364. The van der Waals surface area contributed by atoms with Gasteiger partial charge in [0.2, 0.25) is 0 Å². The Hall–Kier alpha value is -3.72. The van der Waals surface area contributed by atoms with Crippen LogP contribution in [0.5, 0.6) is 5.75 Å². The molecule has 1 fully saturated rings.